The van der Waals surface area contributed by atoms with Gasteiger partial charge in [-0.1, -0.05) is 34.6 Å². The number of anilines is 3. The van der Waals surface area contributed by atoms with Crippen LogP contribution in [-0.2, 0) is 10.3 Å². The summed E-state index contributed by atoms with van der Waals surface area (Å²) in [6, 6.07) is 3.81. The number of nitrogens with one attached hydrogen (secondary N) is 3. The van der Waals surface area contributed by atoms with Crippen molar-refractivity contribution in [1.29, 1.82) is 5.41 Å². The van der Waals surface area contributed by atoms with E-state index in [4.69, 9.17) is 15.1 Å². The molecular weight excluding hydrogens is 416 g/mol. The number of aromatic nitrogens is 3. The molecule has 0 unspecified atom stereocenters. The highest BCUT2D eigenvalue weighted by Crippen LogP contribution is 2.47. The van der Waals surface area contributed by atoms with Crippen LogP contribution in [0.15, 0.2) is 18.3 Å². The van der Waals surface area contributed by atoms with E-state index in [1.54, 1.807) is 6.20 Å². The minimum Gasteiger partial charge on any atom is -0.385 e. The molecule has 1 saturated heterocycles. The molecule has 0 amide bonds. The van der Waals surface area contributed by atoms with Gasteiger partial charge >= 0.3 is 0 Å². The average Bonchev–Trinajstić information content (AvgIpc) is 3.33. The van der Waals surface area contributed by atoms with Gasteiger partial charge in [0.2, 0.25) is 0 Å². The van der Waals surface area contributed by atoms with E-state index in [-0.39, 0.29) is 5.41 Å². The molecular formula is C25H40N6O2. The fourth-order valence-electron chi connectivity index (χ4n) is 4.81. The molecule has 2 fully saturated rings. The van der Waals surface area contributed by atoms with Crippen LogP contribution in [0.4, 0.5) is 17.5 Å². The third-order valence-corrected chi connectivity index (χ3v) is 6.82. The summed E-state index contributed by atoms with van der Waals surface area (Å²) < 4.78 is 5.51. The molecule has 182 valence electrons. The smallest absolute Gasteiger partial charge is 0.143 e. The minimum absolute atomic E-state index is 0.232. The van der Waals surface area contributed by atoms with Gasteiger partial charge in [-0.3, -0.25) is 5.10 Å². The Morgan fingerprint density at radius 3 is 2.45 bits per heavy atom. The number of aliphatic hydroxyl groups is 1. The monoisotopic (exact) mass is 456 g/mol. The lowest BCUT2D eigenvalue weighted by molar-refractivity contribution is -0.0298. The number of H-pyrrole nitrogens is 1. The summed E-state index contributed by atoms with van der Waals surface area (Å²) in [5.74, 6) is 2.64. The van der Waals surface area contributed by atoms with Gasteiger partial charge in [0.15, 0.2) is 0 Å². The highest BCUT2D eigenvalue weighted by atomic mass is 16.5. The minimum atomic E-state index is -0.969. The Hall–Kier alpha value is -2.45. The van der Waals surface area contributed by atoms with Gasteiger partial charge in [-0.15, -0.1) is 0 Å². The van der Waals surface area contributed by atoms with Gasteiger partial charge in [-0.05, 0) is 48.6 Å². The van der Waals surface area contributed by atoms with Crippen LogP contribution in [0.3, 0.4) is 0 Å². The highest BCUT2D eigenvalue weighted by Gasteiger charge is 2.40. The Morgan fingerprint density at radius 1 is 1.24 bits per heavy atom. The third-order valence-electron chi connectivity index (χ3n) is 6.82. The van der Waals surface area contributed by atoms with E-state index in [0.29, 0.717) is 49.2 Å². The molecule has 0 bridgehead atoms. The Morgan fingerprint density at radius 2 is 1.91 bits per heavy atom. The standard InChI is InChI=1S/C23H34N6O2.C2H6/c1-22(2,3)16-4-7-23(30,8-5-16)18-14-20(29-10-12-31-13-11-29)27-21(17(18)15-24)26-19-6-9-25-28-19;1-2/h6,9,14-16,24,30H,4-5,7-8,10-13H2,1-3H3,(H2,25,26,27,28);1-2H3. The van der Waals surface area contributed by atoms with E-state index in [1.165, 1.54) is 6.21 Å². The fourth-order valence-corrected chi connectivity index (χ4v) is 4.81. The van der Waals surface area contributed by atoms with Crippen LogP contribution >= 0.6 is 0 Å². The van der Waals surface area contributed by atoms with Gasteiger partial charge < -0.3 is 25.5 Å². The summed E-state index contributed by atoms with van der Waals surface area (Å²) in [5, 5.41) is 30.1. The zero-order valence-electron chi connectivity index (χ0n) is 20.7. The van der Waals surface area contributed by atoms with Crippen molar-refractivity contribution in [1.82, 2.24) is 15.2 Å². The summed E-state index contributed by atoms with van der Waals surface area (Å²) in [5.41, 5.74) is 0.677. The SMILES string of the molecule is CC.CC(C)(C)C1CCC(O)(c2cc(N3CCOCC3)nc(Nc3ccn[nH]3)c2C=N)CC1. The molecule has 4 N–H and O–H groups in total. The molecule has 4 rings (SSSR count). The Labute approximate surface area is 197 Å². The van der Waals surface area contributed by atoms with Crippen molar-refractivity contribution in [2.75, 3.05) is 36.5 Å². The number of aromatic amines is 1. The lowest BCUT2D eigenvalue weighted by Crippen LogP contribution is -2.39. The molecule has 1 saturated carbocycles. The number of pyridine rings is 1. The zero-order valence-corrected chi connectivity index (χ0v) is 20.7. The summed E-state index contributed by atoms with van der Waals surface area (Å²) in [6.07, 6.45) is 6.28. The van der Waals surface area contributed by atoms with Crippen molar-refractivity contribution in [3.05, 3.63) is 29.5 Å². The Kier molecular flexibility index (Phi) is 8.13. The molecule has 0 atom stereocenters. The van der Waals surface area contributed by atoms with Gasteiger partial charge in [0.05, 0.1) is 25.0 Å². The van der Waals surface area contributed by atoms with Crippen molar-refractivity contribution in [3.8, 4) is 0 Å². The first-order valence-corrected chi connectivity index (χ1v) is 12.2. The van der Waals surface area contributed by atoms with E-state index in [0.717, 1.165) is 37.3 Å². The van der Waals surface area contributed by atoms with Crippen LogP contribution in [0.25, 0.3) is 0 Å². The average molecular weight is 457 g/mol. The summed E-state index contributed by atoms with van der Waals surface area (Å²) in [4.78, 5) is 7.02. The number of morpholine rings is 1. The van der Waals surface area contributed by atoms with E-state index >= 15 is 0 Å². The lowest BCUT2D eigenvalue weighted by Gasteiger charge is -2.42. The molecule has 8 nitrogen and oxygen atoms in total. The zero-order chi connectivity index (χ0) is 24.1. The lowest BCUT2D eigenvalue weighted by atomic mass is 9.66. The van der Waals surface area contributed by atoms with Gasteiger partial charge in [-0.25, -0.2) is 4.98 Å². The second-order valence-electron chi connectivity index (χ2n) is 9.80. The second-order valence-corrected chi connectivity index (χ2v) is 9.80. The molecule has 8 heteroatoms. The highest BCUT2D eigenvalue weighted by molar-refractivity contribution is 5.89. The number of hydrogen-bond donors (Lipinski definition) is 4. The van der Waals surface area contributed by atoms with Gasteiger partial charge in [-0.2, -0.15) is 5.10 Å². The Balaban J connectivity index is 0.00000149. The first-order valence-electron chi connectivity index (χ1n) is 12.2. The van der Waals surface area contributed by atoms with E-state index in [2.05, 4.69) is 41.2 Å². The van der Waals surface area contributed by atoms with Crippen LogP contribution in [0.5, 0.6) is 0 Å². The summed E-state index contributed by atoms with van der Waals surface area (Å²) >= 11 is 0. The molecule has 1 aliphatic heterocycles. The van der Waals surface area contributed by atoms with Gasteiger partial charge in [0.25, 0.3) is 0 Å². The second kappa shape index (κ2) is 10.7. The first-order chi connectivity index (χ1) is 15.8. The molecule has 0 radical (unpaired) electrons. The predicted octanol–water partition coefficient (Wildman–Crippen LogP) is 4.83. The first kappa shape index (κ1) is 25.2. The molecule has 2 aliphatic rings. The molecule has 0 aromatic carbocycles. The topological polar surface area (TPSA) is 110 Å². The molecule has 3 heterocycles. The normalized spacial score (nSPS) is 23.5. The van der Waals surface area contributed by atoms with Gasteiger partial charge in [0.1, 0.15) is 17.5 Å². The van der Waals surface area contributed by atoms with Crippen molar-refractivity contribution in [3.63, 3.8) is 0 Å². The van der Waals surface area contributed by atoms with Crippen LogP contribution in [0.2, 0.25) is 0 Å². The van der Waals surface area contributed by atoms with E-state index in [1.807, 2.05) is 26.0 Å². The molecule has 33 heavy (non-hydrogen) atoms. The number of nitrogens with zero attached hydrogens (tertiary/aromatic N) is 3. The van der Waals surface area contributed by atoms with Crippen molar-refractivity contribution in [2.45, 2.75) is 65.9 Å². The largest absolute Gasteiger partial charge is 0.385 e. The number of hydrogen-bond acceptors (Lipinski definition) is 7. The molecule has 2 aromatic rings. The molecule has 1 aliphatic carbocycles. The summed E-state index contributed by atoms with van der Waals surface area (Å²) in [6.45, 7) is 13.7. The maximum absolute atomic E-state index is 11.8. The van der Waals surface area contributed by atoms with Crippen molar-refractivity contribution in [2.24, 2.45) is 11.3 Å². The van der Waals surface area contributed by atoms with E-state index in [9.17, 15) is 5.11 Å². The quantitative estimate of drug-likeness (QED) is 0.480. The maximum Gasteiger partial charge on any atom is 0.143 e. The van der Waals surface area contributed by atoms with Crippen LogP contribution in [0, 0.1) is 16.7 Å². The Bertz CT molecular complexity index is 892. The van der Waals surface area contributed by atoms with Gasteiger partial charge in [0, 0.05) is 30.9 Å². The van der Waals surface area contributed by atoms with Crippen LogP contribution in [-0.4, -0.2) is 52.8 Å². The number of ether oxygens (including phenoxy) is 1. The van der Waals surface area contributed by atoms with Crippen molar-refractivity contribution < 1.29 is 9.84 Å². The number of rotatable bonds is 5. The van der Waals surface area contributed by atoms with E-state index < -0.39 is 5.60 Å². The molecule has 0 spiro atoms. The summed E-state index contributed by atoms with van der Waals surface area (Å²) in [7, 11) is 0. The van der Waals surface area contributed by atoms with Crippen LogP contribution < -0.4 is 10.2 Å². The third kappa shape index (κ3) is 5.73. The molecule has 2 aromatic heterocycles. The van der Waals surface area contributed by atoms with Crippen LogP contribution in [0.1, 0.15) is 71.4 Å². The fraction of sp³-hybridized carbons (Fsp3) is 0.640. The van der Waals surface area contributed by atoms with Crippen molar-refractivity contribution >= 4 is 23.7 Å². The predicted molar refractivity (Wildman–Crippen MR) is 134 cm³/mol. The maximum atomic E-state index is 11.8.